The number of carbonyl (C=O) groups excluding carboxylic acids is 1. The summed E-state index contributed by atoms with van der Waals surface area (Å²) in [6, 6.07) is 15.4. The zero-order valence-corrected chi connectivity index (χ0v) is 11.0. The molecule has 3 rings (SSSR count). The van der Waals surface area contributed by atoms with Crippen molar-refractivity contribution in [1.29, 1.82) is 0 Å². The minimum absolute atomic E-state index is 0.0656. The normalized spacial score (nSPS) is 19.6. The van der Waals surface area contributed by atoms with Crippen molar-refractivity contribution in [2.75, 3.05) is 0 Å². The van der Waals surface area contributed by atoms with Crippen LogP contribution in [-0.4, -0.2) is 16.8 Å². The van der Waals surface area contributed by atoms with Crippen molar-refractivity contribution in [1.82, 2.24) is 5.32 Å². The van der Waals surface area contributed by atoms with Gasteiger partial charge in [0.1, 0.15) is 0 Å². The van der Waals surface area contributed by atoms with Gasteiger partial charge in [0, 0.05) is 5.56 Å². The molecule has 1 aliphatic rings. The standard InChI is InChI=1S/C16H14N2O2/c1-10-7-8-12-13(9-10)15(18-20)16(19)17-14(12)11-5-3-2-4-6-11/h2-9,14,20H,1H3,(H,17,19). The molecule has 2 N–H and O–H groups in total. The lowest BCUT2D eigenvalue weighted by Gasteiger charge is -2.27. The Morgan fingerprint density at radius 2 is 1.90 bits per heavy atom. The molecule has 0 fully saturated rings. The summed E-state index contributed by atoms with van der Waals surface area (Å²) in [4.78, 5) is 12.1. The summed E-state index contributed by atoms with van der Waals surface area (Å²) in [6.07, 6.45) is 0. The van der Waals surface area contributed by atoms with Gasteiger partial charge in [0.2, 0.25) is 0 Å². The van der Waals surface area contributed by atoms with Crippen LogP contribution < -0.4 is 5.32 Å². The number of benzene rings is 2. The van der Waals surface area contributed by atoms with E-state index in [1.807, 2.05) is 55.5 Å². The van der Waals surface area contributed by atoms with Crippen LogP contribution in [0.2, 0.25) is 0 Å². The van der Waals surface area contributed by atoms with Gasteiger partial charge in [-0.2, -0.15) is 0 Å². The zero-order chi connectivity index (χ0) is 14.1. The van der Waals surface area contributed by atoms with Crippen LogP contribution in [-0.2, 0) is 4.79 Å². The minimum atomic E-state index is -0.362. The molecule has 0 saturated carbocycles. The molecule has 1 aliphatic heterocycles. The summed E-state index contributed by atoms with van der Waals surface area (Å²) in [5.41, 5.74) is 3.71. The van der Waals surface area contributed by atoms with Gasteiger partial charge in [0.05, 0.1) is 6.04 Å². The van der Waals surface area contributed by atoms with Crippen molar-refractivity contribution in [3.8, 4) is 0 Å². The fourth-order valence-electron chi connectivity index (χ4n) is 2.53. The molecule has 0 aromatic heterocycles. The molecule has 0 saturated heterocycles. The van der Waals surface area contributed by atoms with E-state index in [1.54, 1.807) is 0 Å². The number of hydrogen-bond acceptors (Lipinski definition) is 3. The van der Waals surface area contributed by atoms with Crippen LogP contribution in [0, 0.1) is 6.92 Å². The van der Waals surface area contributed by atoms with E-state index < -0.39 is 0 Å². The smallest absolute Gasteiger partial charge is 0.274 e. The summed E-state index contributed by atoms with van der Waals surface area (Å²) < 4.78 is 0. The van der Waals surface area contributed by atoms with Gasteiger partial charge in [-0.1, -0.05) is 53.2 Å². The number of hydrogen-bond donors (Lipinski definition) is 2. The first-order chi connectivity index (χ1) is 9.70. The fraction of sp³-hybridized carbons (Fsp3) is 0.125. The molecule has 1 unspecified atom stereocenters. The molecule has 2 aromatic carbocycles. The first-order valence-corrected chi connectivity index (χ1v) is 6.39. The molecular formula is C16H14N2O2. The summed E-state index contributed by atoms with van der Waals surface area (Å²) >= 11 is 0. The van der Waals surface area contributed by atoms with E-state index in [9.17, 15) is 4.79 Å². The average molecular weight is 266 g/mol. The Labute approximate surface area is 116 Å². The van der Waals surface area contributed by atoms with Crippen molar-refractivity contribution in [2.24, 2.45) is 5.16 Å². The monoisotopic (exact) mass is 266 g/mol. The minimum Gasteiger partial charge on any atom is -0.410 e. The second-order valence-electron chi connectivity index (χ2n) is 4.86. The van der Waals surface area contributed by atoms with Crippen molar-refractivity contribution >= 4 is 11.6 Å². The maximum Gasteiger partial charge on any atom is 0.274 e. The first-order valence-electron chi connectivity index (χ1n) is 6.39. The third-order valence-electron chi connectivity index (χ3n) is 3.50. The lowest BCUT2D eigenvalue weighted by atomic mass is 9.87. The van der Waals surface area contributed by atoms with Crippen molar-refractivity contribution < 1.29 is 10.0 Å². The van der Waals surface area contributed by atoms with Gasteiger partial charge in [-0.3, -0.25) is 4.79 Å². The number of carbonyl (C=O) groups is 1. The van der Waals surface area contributed by atoms with Crippen molar-refractivity contribution in [2.45, 2.75) is 13.0 Å². The molecule has 1 atom stereocenters. The van der Waals surface area contributed by atoms with Crippen LogP contribution >= 0.6 is 0 Å². The average Bonchev–Trinajstić information content (AvgIpc) is 2.47. The predicted octanol–water partition coefficient (Wildman–Crippen LogP) is 2.39. The van der Waals surface area contributed by atoms with Crippen LogP contribution in [0.25, 0.3) is 0 Å². The van der Waals surface area contributed by atoms with E-state index in [0.29, 0.717) is 5.56 Å². The topological polar surface area (TPSA) is 61.7 Å². The van der Waals surface area contributed by atoms with Crippen LogP contribution in [0.5, 0.6) is 0 Å². The molecule has 1 amide bonds. The molecule has 2 aromatic rings. The zero-order valence-electron chi connectivity index (χ0n) is 11.0. The predicted molar refractivity (Wildman–Crippen MR) is 75.9 cm³/mol. The number of rotatable bonds is 1. The van der Waals surface area contributed by atoms with Gasteiger partial charge in [-0.15, -0.1) is 0 Å². The van der Waals surface area contributed by atoms with E-state index in [4.69, 9.17) is 5.21 Å². The maximum atomic E-state index is 12.1. The number of amides is 1. The Balaban J connectivity index is 2.19. The van der Waals surface area contributed by atoms with Crippen LogP contribution in [0.4, 0.5) is 0 Å². The number of aryl methyl sites for hydroxylation is 1. The molecule has 4 heteroatoms. The highest BCUT2D eigenvalue weighted by atomic mass is 16.4. The molecule has 0 aliphatic carbocycles. The SMILES string of the molecule is Cc1ccc2c(c1)C(=NO)C(=O)NC2c1ccccc1. The van der Waals surface area contributed by atoms with Crippen LogP contribution in [0.3, 0.4) is 0 Å². The van der Waals surface area contributed by atoms with Gasteiger partial charge >= 0.3 is 0 Å². The van der Waals surface area contributed by atoms with E-state index in [0.717, 1.165) is 16.7 Å². The number of nitrogens with one attached hydrogen (secondary N) is 1. The lowest BCUT2D eigenvalue weighted by Crippen LogP contribution is -2.41. The number of fused-ring (bicyclic) bond motifs is 1. The van der Waals surface area contributed by atoms with Crippen molar-refractivity contribution in [3.63, 3.8) is 0 Å². The van der Waals surface area contributed by atoms with E-state index in [1.165, 1.54) is 0 Å². The molecule has 20 heavy (non-hydrogen) atoms. The molecule has 0 bridgehead atoms. The van der Waals surface area contributed by atoms with Crippen molar-refractivity contribution in [3.05, 3.63) is 70.8 Å². The second-order valence-corrected chi connectivity index (χ2v) is 4.86. The van der Waals surface area contributed by atoms with Crippen LogP contribution in [0.15, 0.2) is 53.7 Å². The maximum absolute atomic E-state index is 12.1. The summed E-state index contributed by atoms with van der Waals surface area (Å²) in [5.74, 6) is -0.362. The Morgan fingerprint density at radius 3 is 2.60 bits per heavy atom. The van der Waals surface area contributed by atoms with Gasteiger partial charge in [0.15, 0.2) is 5.71 Å². The largest absolute Gasteiger partial charge is 0.410 e. The van der Waals surface area contributed by atoms with E-state index in [2.05, 4.69) is 10.5 Å². The highest BCUT2D eigenvalue weighted by Crippen LogP contribution is 2.29. The summed E-state index contributed by atoms with van der Waals surface area (Å²) in [7, 11) is 0. The van der Waals surface area contributed by atoms with Gasteiger partial charge in [-0.25, -0.2) is 0 Å². The third-order valence-corrected chi connectivity index (χ3v) is 3.50. The highest BCUT2D eigenvalue weighted by Gasteiger charge is 2.31. The number of oxime groups is 1. The number of nitrogens with zero attached hydrogens (tertiary/aromatic N) is 1. The van der Waals surface area contributed by atoms with Gasteiger partial charge < -0.3 is 10.5 Å². The lowest BCUT2D eigenvalue weighted by molar-refractivity contribution is -0.115. The van der Waals surface area contributed by atoms with Crippen LogP contribution in [0.1, 0.15) is 28.3 Å². The van der Waals surface area contributed by atoms with Gasteiger partial charge in [-0.05, 0) is 24.1 Å². The van der Waals surface area contributed by atoms with Gasteiger partial charge in [0.25, 0.3) is 5.91 Å². The Morgan fingerprint density at radius 1 is 1.15 bits per heavy atom. The summed E-state index contributed by atoms with van der Waals surface area (Å²) in [6.45, 7) is 1.94. The quantitative estimate of drug-likeness (QED) is 0.615. The molecule has 0 spiro atoms. The molecule has 0 radical (unpaired) electrons. The molecular weight excluding hydrogens is 252 g/mol. The molecule has 1 heterocycles. The highest BCUT2D eigenvalue weighted by molar-refractivity contribution is 6.46. The first kappa shape index (κ1) is 12.4. The second kappa shape index (κ2) is 4.81. The van der Waals surface area contributed by atoms with E-state index in [-0.39, 0.29) is 17.7 Å². The third kappa shape index (κ3) is 1.95. The summed E-state index contributed by atoms with van der Waals surface area (Å²) in [5, 5.41) is 15.1. The Kier molecular flexibility index (Phi) is 2.99. The molecule has 4 nitrogen and oxygen atoms in total. The van der Waals surface area contributed by atoms with E-state index >= 15 is 0 Å². The molecule has 100 valence electrons. The fourth-order valence-corrected chi connectivity index (χ4v) is 2.53. The Hall–Kier alpha value is -2.62. The Bertz CT molecular complexity index is 693.